The van der Waals surface area contributed by atoms with Gasteiger partial charge < -0.3 is 9.64 Å². The number of nitrogens with zero attached hydrogens (tertiary/aromatic N) is 2. The van der Waals surface area contributed by atoms with Crippen molar-refractivity contribution in [1.82, 2.24) is 4.90 Å². The molecule has 3 rings (SSSR count). The second-order valence-corrected chi connectivity index (χ2v) is 6.61. The molecule has 0 radical (unpaired) electrons. The maximum atomic E-state index is 12.5. The van der Waals surface area contributed by atoms with E-state index in [2.05, 4.69) is 0 Å². The Morgan fingerprint density at radius 2 is 1.83 bits per heavy atom. The average molecular weight is 326 g/mol. The van der Waals surface area contributed by atoms with Gasteiger partial charge in [-0.05, 0) is 55.9 Å². The van der Waals surface area contributed by atoms with Gasteiger partial charge in [0.1, 0.15) is 0 Å². The molecule has 1 aromatic rings. The predicted molar refractivity (Wildman–Crippen MR) is 88.1 cm³/mol. The Morgan fingerprint density at radius 3 is 2.58 bits per heavy atom. The molecule has 0 bridgehead atoms. The highest BCUT2D eigenvalue weighted by atomic mass is 16.5. The minimum Gasteiger partial charge on any atom is -0.452 e. The van der Waals surface area contributed by atoms with Crippen LogP contribution in [0.1, 0.15) is 54.4 Å². The highest BCUT2D eigenvalue weighted by Gasteiger charge is 2.35. The number of esters is 1. The summed E-state index contributed by atoms with van der Waals surface area (Å²) in [5, 5.41) is 8.77. The van der Waals surface area contributed by atoms with E-state index in [1.807, 2.05) is 11.0 Å². The van der Waals surface area contributed by atoms with Crippen LogP contribution in [0.4, 0.5) is 0 Å². The lowest BCUT2D eigenvalue weighted by Crippen LogP contribution is -2.50. The third kappa shape index (κ3) is 3.59. The molecular weight excluding hydrogens is 304 g/mol. The first kappa shape index (κ1) is 16.5. The van der Waals surface area contributed by atoms with Crippen molar-refractivity contribution >= 4 is 11.9 Å². The molecule has 0 aromatic heterocycles. The minimum absolute atomic E-state index is 0.0893. The van der Waals surface area contributed by atoms with Gasteiger partial charge >= 0.3 is 5.97 Å². The molecule has 24 heavy (non-hydrogen) atoms. The molecule has 0 unspecified atom stereocenters. The van der Waals surface area contributed by atoms with Gasteiger partial charge in [0, 0.05) is 12.6 Å². The maximum absolute atomic E-state index is 12.5. The van der Waals surface area contributed by atoms with Crippen LogP contribution in [0.2, 0.25) is 0 Å². The highest BCUT2D eigenvalue weighted by Crippen LogP contribution is 2.35. The third-order valence-electron chi connectivity index (χ3n) is 5.14. The third-order valence-corrected chi connectivity index (χ3v) is 5.14. The molecule has 0 N–H and O–H groups in total. The molecule has 126 valence electrons. The van der Waals surface area contributed by atoms with Gasteiger partial charge in [-0.1, -0.05) is 12.8 Å². The SMILES string of the molecule is N#Cc1ccc(C(=O)OCC(=O)N2CCC[C@H]3CCCC[C@@H]32)cc1. The van der Waals surface area contributed by atoms with Gasteiger partial charge in [0.2, 0.25) is 0 Å². The highest BCUT2D eigenvalue weighted by molar-refractivity contribution is 5.91. The lowest BCUT2D eigenvalue weighted by Gasteiger charge is -2.44. The molecule has 2 atom stereocenters. The van der Waals surface area contributed by atoms with Crippen LogP contribution < -0.4 is 0 Å². The van der Waals surface area contributed by atoms with Gasteiger partial charge in [-0.25, -0.2) is 4.79 Å². The molecule has 2 fully saturated rings. The van der Waals surface area contributed by atoms with Crippen molar-refractivity contribution < 1.29 is 14.3 Å². The predicted octanol–water partition coefficient (Wildman–Crippen LogP) is 2.90. The zero-order chi connectivity index (χ0) is 16.9. The second-order valence-electron chi connectivity index (χ2n) is 6.61. The molecule has 5 nitrogen and oxygen atoms in total. The number of nitriles is 1. The van der Waals surface area contributed by atoms with Crippen molar-refractivity contribution in [3.05, 3.63) is 35.4 Å². The van der Waals surface area contributed by atoms with E-state index in [4.69, 9.17) is 10.00 Å². The number of carbonyl (C=O) groups excluding carboxylic acids is 2. The van der Waals surface area contributed by atoms with E-state index in [-0.39, 0.29) is 12.5 Å². The summed E-state index contributed by atoms with van der Waals surface area (Å²) in [4.78, 5) is 26.5. The first-order valence-corrected chi connectivity index (χ1v) is 8.66. The first-order chi connectivity index (χ1) is 11.7. The largest absolute Gasteiger partial charge is 0.452 e. The van der Waals surface area contributed by atoms with Crippen LogP contribution in [0, 0.1) is 17.2 Å². The van der Waals surface area contributed by atoms with E-state index < -0.39 is 5.97 Å². The van der Waals surface area contributed by atoms with Crippen LogP contribution in [0.5, 0.6) is 0 Å². The molecule has 1 amide bonds. The molecule has 1 aromatic carbocycles. The number of carbonyl (C=O) groups is 2. The van der Waals surface area contributed by atoms with Crippen LogP contribution in [0.3, 0.4) is 0 Å². The van der Waals surface area contributed by atoms with Crippen molar-refractivity contribution in [2.75, 3.05) is 13.2 Å². The van der Waals surface area contributed by atoms with Gasteiger partial charge in [-0.3, -0.25) is 4.79 Å². The summed E-state index contributed by atoms with van der Waals surface area (Å²) in [6.45, 7) is 0.566. The van der Waals surface area contributed by atoms with Crippen LogP contribution in [-0.4, -0.2) is 36.0 Å². The number of hydrogen-bond donors (Lipinski definition) is 0. The smallest absolute Gasteiger partial charge is 0.338 e. The van der Waals surface area contributed by atoms with E-state index in [0.29, 0.717) is 23.1 Å². The average Bonchev–Trinajstić information content (AvgIpc) is 2.65. The summed E-state index contributed by atoms with van der Waals surface area (Å²) in [6, 6.07) is 8.55. The lowest BCUT2D eigenvalue weighted by atomic mass is 9.78. The number of ether oxygens (including phenoxy) is 1. The molecule has 5 heteroatoms. The number of fused-ring (bicyclic) bond motifs is 1. The number of piperidine rings is 1. The Labute approximate surface area is 142 Å². The monoisotopic (exact) mass is 326 g/mol. The summed E-state index contributed by atoms with van der Waals surface area (Å²) in [7, 11) is 0. The van der Waals surface area contributed by atoms with Crippen molar-refractivity contribution in [3.63, 3.8) is 0 Å². The zero-order valence-electron chi connectivity index (χ0n) is 13.7. The van der Waals surface area contributed by atoms with E-state index in [0.717, 1.165) is 19.4 Å². The van der Waals surface area contributed by atoms with Gasteiger partial charge in [0.15, 0.2) is 6.61 Å². The summed E-state index contributed by atoms with van der Waals surface area (Å²) in [5.41, 5.74) is 0.843. The van der Waals surface area contributed by atoms with Crippen molar-refractivity contribution in [2.24, 2.45) is 5.92 Å². The van der Waals surface area contributed by atoms with Crippen LogP contribution in [-0.2, 0) is 9.53 Å². The van der Waals surface area contributed by atoms with E-state index in [1.54, 1.807) is 24.3 Å². The normalized spacial score (nSPS) is 23.0. The topological polar surface area (TPSA) is 70.4 Å². The molecule has 2 aliphatic rings. The fraction of sp³-hybridized carbons (Fsp3) is 0.526. The fourth-order valence-corrected chi connectivity index (χ4v) is 3.91. The number of amides is 1. The lowest BCUT2D eigenvalue weighted by molar-refractivity contribution is -0.140. The number of hydrogen-bond acceptors (Lipinski definition) is 4. The van der Waals surface area contributed by atoms with E-state index in [9.17, 15) is 9.59 Å². The molecule has 1 saturated carbocycles. The molecule has 0 spiro atoms. The molecule has 1 aliphatic heterocycles. The number of likely N-dealkylation sites (tertiary alicyclic amines) is 1. The number of rotatable bonds is 3. The van der Waals surface area contributed by atoms with E-state index >= 15 is 0 Å². The molecule has 1 heterocycles. The second kappa shape index (κ2) is 7.48. The summed E-state index contributed by atoms with van der Waals surface area (Å²) in [6.07, 6.45) is 6.96. The van der Waals surface area contributed by atoms with Crippen LogP contribution in [0.25, 0.3) is 0 Å². The van der Waals surface area contributed by atoms with Crippen molar-refractivity contribution in [2.45, 2.75) is 44.6 Å². The Balaban J connectivity index is 1.56. The zero-order valence-corrected chi connectivity index (χ0v) is 13.7. The first-order valence-electron chi connectivity index (χ1n) is 8.66. The Kier molecular flexibility index (Phi) is 5.14. The standard InChI is InChI=1S/C19H22N2O3/c20-12-14-7-9-16(10-8-14)19(23)24-13-18(22)21-11-3-5-15-4-1-2-6-17(15)21/h7-10,15,17H,1-6,11,13H2/t15-,17+/m1/s1. The Morgan fingerprint density at radius 1 is 1.12 bits per heavy atom. The van der Waals surface area contributed by atoms with Gasteiger partial charge in [-0.2, -0.15) is 5.26 Å². The van der Waals surface area contributed by atoms with Gasteiger partial charge in [0.25, 0.3) is 5.91 Å². The summed E-state index contributed by atoms with van der Waals surface area (Å²) < 4.78 is 5.18. The minimum atomic E-state index is -0.523. The summed E-state index contributed by atoms with van der Waals surface area (Å²) >= 11 is 0. The van der Waals surface area contributed by atoms with Crippen molar-refractivity contribution in [3.8, 4) is 6.07 Å². The van der Waals surface area contributed by atoms with Crippen molar-refractivity contribution in [1.29, 1.82) is 5.26 Å². The molecular formula is C19H22N2O3. The molecule has 1 aliphatic carbocycles. The number of benzene rings is 1. The molecule has 1 saturated heterocycles. The van der Waals surface area contributed by atoms with E-state index in [1.165, 1.54) is 25.7 Å². The Hall–Kier alpha value is -2.35. The van der Waals surface area contributed by atoms with Gasteiger partial charge in [-0.15, -0.1) is 0 Å². The Bertz CT molecular complexity index is 646. The van der Waals surface area contributed by atoms with Crippen LogP contribution in [0.15, 0.2) is 24.3 Å². The quantitative estimate of drug-likeness (QED) is 0.801. The maximum Gasteiger partial charge on any atom is 0.338 e. The fourth-order valence-electron chi connectivity index (χ4n) is 3.91. The van der Waals surface area contributed by atoms with Crippen LogP contribution >= 0.6 is 0 Å². The summed E-state index contributed by atoms with van der Waals surface area (Å²) in [5.74, 6) is 0.00400. The van der Waals surface area contributed by atoms with Gasteiger partial charge in [0.05, 0.1) is 17.2 Å².